The number of benzene rings is 4. The van der Waals surface area contributed by atoms with Crippen LogP contribution >= 0.6 is 34.9 Å². The van der Waals surface area contributed by atoms with Crippen molar-refractivity contribution in [3.05, 3.63) is 165 Å². The van der Waals surface area contributed by atoms with Crippen molar-refractivity contribution in [1.29, 1.82) is 0 Å². The molecule has 0 saturated carbocycles. The number of fused-ring (bicyclic) bond motifs is 2. The third-order valence-corrected chi connectivity index (χ3v) is 13.3. The Bertz CT molecular complexity index is 2330. The normalized spacial score (nSPS) is 18.3. The molecule has 3 aliphatic heterocycles. The number of carbonyl (C=O) groups excluding carboxylic acids is 3. The molecule has 8 rings (SSSR count). The minimum atomic E-state index is -0.688. The summed E-state index contributed by atoms with van der Waals surface area (Å²) in [5, 5.41) is 2.13. The zero-order valence-corrected chi connectivity index (χ0v) is 32.6. The quantitative estimate of drug-likeness (QED) is 0.0885. The predicted octanol–water partition coefficient (Wildman–Crippen LogP) is 7.16. The van der Waals surface area contributed by atoms with E-state index >= 15 is 0 Å². The highest BCUT2D eigenvalue weighted by atomic mass is 32.2. The van der Waals surface area contributed by atoms with Gasteiger partial charge in [0.2, 0.25) is 5.91 Å². The zero-order chi connectivity index (χ0) is 38.6. The van der Waals surface area contributed by atoms with Gasteiger partial charge in [0.25, 0.3) is 0 Å². The van der Waals surface area contributed by atoms with Crippen LogP contribution in [0.5, 0.6) is 0 Å². The van der Waals surface area contributed by atoms with Gasteiger partial charge in [0.15, 0.2) is 11.5 Å². The fourth-order valence-electron chi connectivity index (χ4n) is 6.92. The van der Waals surface area contributed by atoms with Crippen LogP contribution in [0.25, 0.3) is 10.1 Å². The van der Waals surface area contributed by atoms with E-state index in [1.165, 1.54) is 39.8 Å². The molecule has 4 aromatic carbocycles. The number of esters is 1. The van der Waals surface area contributed by atoms with Crippen LogP contribution in [0.4, 0.5) is 10.5 Å². The maximum atomic E-state index is 14.1. The molecule has 0 bridgehead atoms. The van der Waals surface area contributed by atoms with Gasteiger partial charge in [0.05, 0.1) is 4.21 Å². The smallest absolute Gasteiger partial charge is 0.410 e. The first kappa shape index (κ1) is 37.6. The van der Waals surface area contributed by atoms with E-state index in [2.05, 4.69) is 4.90 Å². The first-order chi connectivity index (χ1) is 27.3. The lowest BCUT2D eigenvalue weighted by Gasteiger charge is -2.48. The Labute approximate surface area is 336 Å². The SMILES string of the molecule is N[C@@H]1C(=O)N2C(C(=O)OC(c3ccccc3)c3ccccc3)=C(C=CSc3cc(=O)c4ccc(N5CCN(C(=O)OCc6ccccc6)CC5)cc4s3)CS[C@H]12. The number of β-lactam (4-membered cyclic amide) rings is 1. The summed E-state index contributed by atoms with van der Waals surface area (Å²) in [6.07, 6.45) is 0.819. The summed E-state index contributed by atoms with van der Waals surface area (Å²) in [7, 11) is 0. The molecule has 56 heavy (non-hydrogen) atoms. The molecule has 1 aromatic heterocycles. The number of hydrogen-bond acceptors (Lipinski definition) is 11. The van der Waals surface area contributed by atoms with Crippen molar-refractivity contribution in [3.8, 4) is 0 Å². The van der Waals surface area contributed by atoms with E-state index in [4.69, 9.17) is 15.2 Å². The van der Waals surface area contributed by atoms with Crippen molar-refractivity contribution in [1.82, 2.24) is 9.80 Å². The molecule has 10 nitrogen and oxygen atoms in total. The zero-order valence-electron chi connectivity index (χ0n) is 30.2. The van der Waals surface area contributed by atoms with Crippen molar-refractivity contribution in [3.63, 3.8) is 0 Å². The van der Waals surface area contributed by atoms with Crippen LogP contribution in [-0.4, -0.2) is 71.1 Å². The molecular formula is C43H38N4O6S3. The van der Waals surface area contributed by atoms with Crippen molar-refractivity contribution in [2.45, 2.75) is 28.3 Å². The minimum Gasteiger partial charge on any atom is -0.448 e. The van der Waals surface area contributed by atoms with Crippen LogP contribution in [0.2, 0.25) is 0 Å². The number of nitrogens with two attached hydrogens (primary N) is 1. The first-order valence-electron chi connectivity index (χ1n) is 18.2. The van der Waals surface area contributed by atoms with Crippen LogP contribution in [0.1, 0.15) is 22.8 Å². The van der Waals surface area contributed by atoms with Gasteiger partial charge in [-0.05, 0) is 51.9 Å². The highest BCUT2D eigenvalue weighted by Gasteiger charge is 2.52. The highest BCUT2D eigenvalue weighted by Crippen LogP contribution is 2.42. The molecule has 2 fully saturated rings. The van der Waals surface area contributed by atoms with Gasteiger partial charge >= 0.3 is 12.1 Å². The molecule has 2 atom stereocenters. The van der Waals surface area contributed by atoms with E-state index in [-0.39, 0.29) is 35.1 Å². The number of nitrogens with zero attached hydrogens (tertiary/aromatic N) is 3. The van der Waals surface area contributed by atoms with E-state index in [0.717, 1.165) is 31.3 Å². The number of allylic oxidation sites excluding steroid dienone is 1. The van der Waals surface area contributed by atoms with E-state index < -0.39 is 18.1 Å². The summed E-state index contributed by atoms with van der Waals surface area (Å²) in [5.41, 5.74) is 10.4. The Morgan fingerprint density at radius 1 is 0.857 bits per heavy atom. The molecule has 284 valence electrons. The molecule has 0 radical (unpaired) electrons. The Morgan fingerprint density at radius 3 is 2.20 bits per heavy atom. The topological polar surface area (TPSA) is 122 Å². The number of rotatable bonds is 10. The van der Waals surface area contributed by atoms with Gasteiger partial charge in [-0.15, -0.1) is 23.1 Å². The fraction of sp³-hybridized carbons (Fsp3) is 0.209. The molecule has 0 spiro atoms. The number of amides is 2. The Hall–Kier alpha value is -5.34. The molecule has 2 saturated heterocycles. The van der Waals surface area contributed by atoms with Crippen LogP contribution in [0.15, 0.2) is 147 Å². The second-order valence-electron chi connectivity index (χ2n) is 13.5. The monoisotopic (exact) mass is 802 g/mol. The van der Waals surface area contributed by atoms with Crippen molar-refractivity contribution >= 4 is 68.6 Å². The van der Waals surface area contributed by atoms with Gasteiger partial charge < -0.3 is 25.0 Å². The predicted molar refractivity (Wildman–Crippen MR) is 222 cm³/mol. The van der Waals surface area contributed by atoms with E-state index in [0.29, 0.717) is 42.9 Å². The largest absolute Gasteiger partial charge is 0.448 e. The lowest BCUT2D eigenvalue weighted by molar-refractivity contribution is -0.153. The first-order valence-corrected chi connectivity index (χ1v) is 20.9. The highest BCUT2D eigenvalue weighted by molar-refractivity contribution is 8.04. The fourth-order valence-corrected chi connectivity index (χ4v) is 10.2. The Balaban J connectivity index is 0.979. The summed E-state index contributed by atoms with van der Waals surface area (Å²) in [6, 6.07) is 35.4. The maximum absolute atomic E-state index is 14.1. The molecule has 0 aliphatic carbocycles. The number of carbonyl (C=O) groups is 3. The van der Waals surface area contributed by atoms with Gasteiger partial charge in [0.1, 0.15) is 23.7 Å². The second kappa shape index (κ2) is 16.8. The van der Waals surface area contributed by atoms with Crippen molar-refractivity contribution < 1.29 is 23.9 Å². The summed E-state index contributed by atoms with van der Waals surface area (Å²) >= 11 is 4.39. The van der Waals surface area contributed by atoms with Crippen LogP contribution < -0.4 is 16.1 Å². The lowest BCUT2D eigenvalue weighted by Crippen LogP contribution is -2.68. The van der Waals surface area contributed by atoms with Crippen LogP contribution in [0, 0.1) is 0 Å². The van der Waals surface area contributed by atoms with Crippen LogP contribution in [-0.2, 0) is 25.7 Å². The number of piperazine rings is 1. The number of thioether (sulfide) groups is 2. The summed E-state index contributed by atoms with van der Waals surface area (Å²) in [4.78, 5) is 58.5. The van der Waals surface area contributed by atoms with E-state index in [1.807, 2.05) is 121 Å². The average Bonchev–Trinajstić information content (AvgIpc) is 3.25. The van der Waals surface area contributed by atoms with Crippen molar-refractivity contribution in [2.24, 2.45) is 5.73 Å². The van der Waals surface area contributed by atoms with E-state index in [1.54, 1.807) is 11.0 Å². The summed E-state index contributed by atoms with van der Waals surface area (Å²) in [5.74, 6) is -0.470. The van der Waals surface area contributed by atoms with Gasteiger partial charge in [0, 0.05) is 53.8 Å². The Kier molecular flexibility index (Phi) is 11.3. The van der Waals surface area contributed by atoms with Crippen LogP contribution in [0.3, 0.4) is 0 Å². The average molecular weight is 803 g/mol. The molecule has 2 N–H and O–H groups in total. The Morgan fingerprint density at radius 2 is 1.52 bits per heavy atom. The van der Waals surface area contributed by atoms with Gasteiger partial charge in [-0.25, -0.2) is 9.59 Å². The van der Waals surface area contributed by atoms with Gasteiger partial charge in [-0.3, -0.25) is 14.5 Å². The number of anilines is 1. The van der Waals surface area contributed by atoms with Crippen molar-refractivity contribution in [2.75, 3.05) is 36.8 Å². The van der Waals surface area contributed by atoms with E-state index in [9.17, 15) is 19.2 Å². The molecule has 2 amide bonds. The third kappa shape index (κ3) is 7.98. The summed E-state index contributed by atoms with van der Waals surface area (Å²) < 4.78 is 13.4. The standard InChI is InChI=1S/C43H38N4O6S3/c44-37-40(49)47-38(42(50)53-39(29-12-6-2-7-13-29)30-14-8-3-9-15-30)31(27-55-41(37)47)18-23-54-36-25-34(48)33-17-16-32(24-35(33)56-36)45-19-21-46(22-20-45)43(51)52-26-28-10-4-1-5-11-28/h1-18,23-25,37,39,41H,19-22,26-27,44H2/t37-,41-/m1/s1. The van der Waals surface area contributed by atoms with Gasteiger partial charge in [-0.1, -0.05) is 103 Å². The lowest BCUT2D eigenvalue weighted by atomic mass is 10.0. The molecule has 13 heteroatoms. The molecule has 4 heterocycles. The number of ether oxygens (including phenoxy) is 2. The molecule has 5 aromatic rings. The minimum absolute atomic E-state index is 0.0836. The summed E-state index contributed by atoms with van der Waals surface area (Å²) in [6.45, 7) is 2.57. The molecular weight excluding hydrogens is 765 g/mol. The molecule has 3 aliphatic rings. The number of hydrogen-bond donors (Lipinski definition) is 1. The maximum Gasteiger partial charge on any atom is 0.410 e. The third-order valence-electron chi connectivity index (χ3n) is 9.91. The molecule has 0 unspecified atom stereocenters. The van der Waals surface area contributed by atoms with Gasteiger partial charge in [-0.2, -0.15) is 0 Å². The second-order valence-corrected chi connectivity index (χ2v) is 16.9.